The van der Waals surface area contributed by atoms with Gasteiger partial charge in [0.2, 0.25) is 0 Å². The summed E-state index contributed by atoms with van der Waals surface area (Å²) in [4.78, 5) is 33.2. The van der Waals surface area contributed by atoms with E-state index >= 15 is 0 Å². The lowest BCUT2D eigenvalue weighted by atomic mass is 10.1. The number of halogens is 4. The molecule has 250 valence electrons. The number of thiophene rings is 4. The normalized spacial score (nSPS) is 12.5. The average Bonchev–Trinajstić information content (AvgIpc) is 3.92. The molecule has 0 aliphatic carbocycles. The number of aromatic nitrogens is 4. The minimum atomic E-state index is -0.398. The summed E-state index contributed by atoms with van der Waals surface area (Å²) in [6.07, 6.45) is 5.51. The number of nitrogens with zero attached hydrogens (tertiary/aromatic N) is 3. The molecule has 9 heterocycles. The van der Waals surface area contributed by atoms with Crippen LogP contribution in [0.1, 0.15) is 22.8 Å². The van der Waals surface area contributed by atoms with Gasteiger partial charge in [0.15, 0.2) is 5.69 Å². The zero-order valence-electron chi connectivity index (χ0n) is 25.5. The molecule has 7 nitrogen and oxygen atoms in total. The molecule has 0 unspecified atom stereocenters. The molecule has 2 N–H and O–H groups in total. The Morgan fingerprint density at radius 3 is 1.25 bits per heavy atom. The van der Waals surface area contributed by atoms with E-state index in [9.17, 15) is 10.1 Å². The van der Waals surface area contributed by atoms with Crippen molar-refractivity contribution in [2.45, 2.75) is 0 Å². The Morgan fingerprint density at radius 1 is 0.510 bits per heavy atom. The first kappa shape index (κ1) is 32.8. The maximum absolute atomic E-state index is 12.8. The summed E-state index contributed by atoms with van der Waals surface area (Å²) in [5.74, 6) is 0. The molecule has 0 radical (unpaired) electrons. The molecule has 7 aromatic rings. The third kappa shape index (κ3) is 5.87. The number of aromatic amines is 2. The molecule has 8 bridgehead atoms. The van der Waals surface area contributed by atoms with Crippen LogP contribution < -0.4 is 0 Å². The van der Waals surface area contributed by atoms with Gasteiger partial charge in [-0.05, 0) is 84.9 Å². The van der Waals surface area contributed by atoms with Crippen molar-refractivity contribution in [3.8, 4) is 41.8 Å². The highest BCUT2D eigenvalue weighted by molar-refractivity contribution is 7.20. The number of fused-ring (bicyclic) bond motifs is 8. The van der Waals surface area contributed by atoms with Crippen LogP contribution in [0.5, 0.6) is 0 Å². The van der Waals surface area contributed by atoms with Gasteiger partial charge in [0.25, 0.3) is 5.70 Å². The van der Waals surface area contributed by atoms with Crippen LogP contribution in [0.25, 0.3) is 87.8 Å². The average molecular weight is 822 g/mol. The number of hydrogen-bond acceptors (Lipinski definition) is 8. The van der Waals surface area contributed by atoms with Crippen molar-refractivity contribution < 1.29 is 4.92 Å². The summed E-state index contributed by atoms with van der Waals surface area (Å²) in [7, 11) is 0. The maximum Gasteiger partial charge on any atom is 0.297 e. The standard InChI is InChI=1S/C36H17Cl4N5O2S4/c37-28-11-7-24(48-28)32-16-1-2-17(41-16)33(25-8-12-29(38)49-25)19-5-6-21(43-19)35(27-10-14-31(40)51-27)36-23(45(46)47)15-22(44-36)34(20-4-3-18(32)42-20)26-9-13-30(39)50-26/h1-15,42-43H. The molecule has 0 atom stereocenters. The van der Waals surface area contributed by atoms with Gasteiger partial charge in [-0.2, -0.15) is 0 Å². The molecule has 9 rings (SSSR count). The van der Waals surface area contributed by atoms with Crippen molar-refractivity contribution in [3.63, 3.8) is 0 Å². The zero-order valence-corrected chi connectivity index (χ0v) is 31.8. The first-order chi connectivity index (χ1) is 24.7. The van der Waals surface area contributed by atoms with Gasteiger partial charge < -0.3 is 9.97 Å². The molecule has 0 saturated carbocycles. The summed E-state index contributed by atoms with van der Waals surface area (Å²) < 4.78 is 2.39. The molecular formula is C36H17Cl4N5O2S4. The quantitative estimate of drug-likeness (QED) is 0.133. The van der Waals surface area contributed by atoms with E-state index in [-0.39, 0.29) is 11.4 Å². The third-order valence-corrected chi connectivity index (χ3v) is 13.3. The molecule has 2 aliphatic rings. The molecule has 51 heavy (non-hydrogen) atoms. The Morgan fingerprint density at radius 2 is 0.882 bits per heavy atom. The van der Waals surface area contributed by atoms with Crippen molar-refractivity contribution in [1.82, 2.24) is 19.9 Å². The summed E-state index contributed by atoms with van der Waals surface area (Å²) in [6, 6.07) is 22.7. The SMILES string of the molecule is O=[N+]([O-])C1=Cc2nc1c(-c1ccc(Cl)s1)c1ccc([nH]1)c(-c1ccc(Cl)s1)c1nc(c(-c3ccc(Cl)s3)c3ccc([nH]3)c2-c2ccc(Cl)s2)C=C1. The van der Waals surface area contributed by atoms with Gasteiger partial charge in [0, 0.05) is 69.9 Å². The minimum Gasteiger partial charge on any atom is -0.354 e. The topological polar surface area (TPSA) is 100 Å². The number of rotatable bonds is 5. The lowest BCUT2D eigenvalue weighted by molar-refractivity contribution is -0.374. The van der Waals surface area contributed by atoms with Crippen LogP contribution in [0.3, 0.4) is 0 Å². The molecular weight excluding hydrogens is 805 g/mol. The highest BCUT2D eigenvalue weighted by Crippen LogP contribution is 2.45. The van der Waals surface area contributed by atoms with E-state index in [1.165, 1.54) is 51.4 Å². The lowest BCUT2D eigenvalue weighted by Gasteiger charge is -2.03. The molecule has 2 aliphatic heterocycles. The molecule has 0 spiro atoms. The highest BCUT2D eigenvalue weighted by atomic mass is 35.5. The van der Waals surface area contributed by atoms with E-state index in [1.54, 1.807) is 12.1 Å². The highest BCUT2D eigenvalue weighted by Gasteiger charge is 2.30. The first-order valence-electron chi connectivity index (χ1n) is 15.1. The fourth-order valence-electron chi connectivity index (χ4n) is 6.24. The number of H-pyrrole nitrogens is 2. The monoisotopic (exact) mass is 819 g/mol. The Hall–Kier alpha value is -4.04. The van der Waals surface area contributed by atoms with Gasteiger partial charge in [-0.3, -0.25) is 10.1 Å². The molecule has 0 fully saturated rings. The molecule has 0 amide bonds. The minimum absolute atomic E-state index is 0.145. The predicted octanol–water partition coefficient (Wildman–Crippen LogP) is 13.8. The Balaban J connectivity index is 1.51. The maximum atomic E-state index is 12.8. The summed E-state index contributed by atoms with van der Waals surface area (Å²) >= 11 is 31.4. The van der Waals surface area contributed by atoms with E-state index in [2.05, 4.69) is 9.97 Å². The van der Waals surface area contributed by atoms with Crippen LogP contribution in [0.15, 0.2) is 72.8 Å². The van der Waals surface area contributed by atoms with E-state index in [4.69, 9.17) is 56.4 Å². The van der Waals surface area contributed by atoms with Crippen molar-refractivity contribution >= 4 is 138 Å². The van der Waals surface area contributed by atoms with Crippen molar-refractivity contribution in [3.05, 3.63) is 123 Å². The fraction of sp³-hybridized carbons (Fsp3) is 0. The third-order valence-electron chi connectivity index (χ3n) is 8.32. The largest absolute Gasteiger partial charge is 0.354 e. The second-order valence-electron chi connectivity index (χ2n) is 11.3. The van der Waals surface area contributed by atoms with E-state index < -0.39 is 4.92 Å². The summed E-state index contributed by atoms with van der Waals surface area (Å²) in [6.45, 7) is 0. The second kappa shape index (κ2) is 12.9. The van der Waals surface area contributed by atoms with Crippen LogP contribution in [0, 0.1) is 10.1 Å². The van der Waals surface area contributed by atoms with Crippen molar-refractivity contribution in [1.29, 1.82) is 0 Å². The van der Waals surface area contributed by atoms with Gasteiger partial charge >= 0.3 is 0 Å². The van der Waals surface area contributed by atoms with Crippen LogP contribution in [0.2, 0.25) is 17.3 Å². The van der Waals surface area contributed by atoms with Gasteiger partial charge in [-0.1, -0.05) is 46.4 Å². The van der Waals surface area contributed by atoms with Crippen LogP contribution >= 0.6 is 91.8 Å². The van der Waals surface area contributed by atoms with Gasteiger partial charge in [0.1, 0.15) is 0 Å². The molecule has 0 aromatic carbocycles. The zero-order chi connectivity index (χ0) is 35.0. The van der Waals surface area contributed by atoms with E-state index in [0.717, 1.165) is 48.2 Å². The summed E-state index contributed by atoms with van der Waals surface area (Å²) in [5, 5.41) is 12.8. The van der Waals surface area contributed by atoms with Crippen molar-refractivity contribution in [2.24, 2.45) is 0 Å². The molecule has 7 aromatic heterocycles. The van der Waals surface area contributed by atoms with E-state index in [1.807, 2.05) is 72.8 Å². The smallest absolute Gasteiger partial charge is 0.297 e. The molecule has 0 saturated heterocycles. The first-order valence-corrected chi connectivity index (χ1v) is 19.9. The number of hydrogen-bond donors (Lipinski definition) is 2. The van der Waals surface area contributed by atoms with E-state index in [0.29, 0.717) is 50.1 Å². The fourth-order valence-corrected chi connectivity index (χ4v) is 10.7. The Kier molecular flexibility index (Phi) is 8.29. The Bertz CT molecular complexity index is 2820. The number of nitro groups is 1. The second-order valence-corrected chi connectivity index (χ2v) is 18.2. The predicted molar refractivity (Wildman–Crippen MR) is 218 cm³/mol. The van der Waals surface area contributed by atoms with Gasteiger partial charge in [-0.15, -0.1) is 45.3 Å². The molecule has 15 heteroatoms. The van der Waals surface area contributed by atoms with Crippen molar-refractivity contribution in [2.75, 3.05) is 0 Å². The Labute approximate surface area is 324 Å². The van der Waals surface area contributed by atoms with Crippen LogP contribution in [-0.2, 0) is 0 Å². The van der Waals surface area contributed by atoms with Gasteiger partial charge in [-0.25, -0.2) is 9.97 Å². The van der Waals surface area contributed by atoms with Crippen LogP contribution in [-0.4, -0.2) is 24.9 Å². The van der Waals surface area contributed by atoms with Gasteiger partial charge in [0.05, 0.1) is 39.4 Å². The lowest BCUT2D eigenvalue weighted by Crippen LogP contribution is -1.97. The summed E-state index contributed by atoms with van der Waals surface area (Å²) in [5.41, 5.74) is 7.67. The van der Waals surface area contributed by atoms with Crippen LogP contribution in [0.4, 0.5) is 0 Å². The number of nitrogens with one attached hydrogen (secondary N) is 2.